The Kier molecular flexibility index (Phi) is 5.75. The lowest BCUT2D eigenvalue weighted by molar-refractivity contribution is -0.123. The Labute approximate surface area is 142 Å². The van der Waals surface area contributed by atoms with Gasteiger partial charge in [0, 0.05) is 24.5 Å². The van der Waals surface area contributed by atoms with Crippen molar-refractivity contribution in [3.05, 3.63) is 59.9 Å². The van der Waals surface area contributed by atoms with Crippen LogP contribution in [0.15, 0.2) is 53.7 Å². The Morgan fingerprint density at radius 2 is 1.80 bits per heavy atom. The number of carbonyl (C=O) groups is 1. The minimum Gasteiger partial charge on any atom is -0.343 e. The van der Waals surface area contributed by atoms with Crippen LogP contribution < -0.4 is 10.0 Å². The van der Waals surface area contributed by atoms with Crippen LogP contribution in [0.3, 0.4) is 0 Å². The Morgan fingerprint density at radius 1 is 1.12 bits per heavy atom. The summed E-state index contributed by atoms with van der Waals surface area (Å²) in [5, 5.41) is 1.71. The van der Waals surface area contributed by atoms with Gasteiger partial charge < -0.3 is 5.32 Å². The number of pyridine rings is 1. The van der Waals surface area contributed by atoms with Crippen LogP contribution in [0.2, 0.25) is 0 Å². The average Bonchev–Trinajstić information content (AvgIpc) is 2.58. The molecular formula is C15H14F3N3O3S. The number of halogens is 3. The number of hydrogen-bond donors (Lipinski definition) is 2. The third kappa shape index (κ3) is 5.84. The van der Waals surface area contributed by atoms with Gasteiger partial charge in [-0.05, 0) is 35.9 Å². The average molecular weight is 373 g/mol. The molecule has 0 aliphatic rings. The minimum atomic E-state index is -4.52. The van der Waals surface area contributed by atoms with Gasteiger partial charge in [0.15, 0.2) is 0 Å². The highest BCUT2D eigenvalue weighted by molar-refractivity contribution is 7.89. The maximum Gasteiger partial charge on any atom is 0.405 e. The number of sulfonamides is 1. The van der Waals surface area contributed by atoms with E-state index in [1.165, 1.54) is 6.20 Å². The Morgan fingerprint density at radius 3 is 2.36 bits per heavy atom. The molecular weight excluding hydrogens is 359 g/mol. The van der Waals surface area contributed by atoms with Gasteiger partial charge in [0.05, 0.1) is 4.90 Å². The second-order valence-corrected chi connectivity index (χ2v) is 6.78. The lowest BCUT2D eigenvalue weighted by Gasteiger charge is -2.09. The minimum absolute atomic E-state index is 0.0317. The van der Waals surface area contributed by atoms with Gasteiger partial charge >= 0.3 is 6.18 Å². The molecule has 0 saturated heterocycles. The predicted octanol–water partition coefficient (Wildman–Crippen LogP) is 1.85. The molecule has 10 heteroatoms. The van der Waals surface area contributed by atoms with Gasteiger partial charge in [-0.1, -0.05) is 6.07 Å². The van der Waals surface area contributed by atoms with E-state index in [1.54, 1.807) is 23.6 Å². The first-order valence-corrected chi connectivity index (χ1v) is 8.49. The molecule has 1 aromatic heterocycles. The van der Waals surface area contributed by atoms with E-state index in [4.69, 9.17) is 0 Å². The van der Waals surface area contributed by atoms with Crippen molar-refractivity contribution in [2.24, 2.45) is 0 Å². The number of alkyl halides is 3. The standard InChI is InChI=1S/C15H14F3N3O3S/c16-15(17,18)10-20-14(22)12-3-5-13(6-4-12)25(23,24)21-9-11-2-1-7-19-8-11/h1-8,21H,9-10H2,(H,20,22). The lowest BCUT2D eigenvalue weighted by atomic mass is 10.2. The fourth-order valence-electron chi connectivity index (χ4n) is 1.83. The lowest BCUT2D eigenvalue weighted by Crippen LogP contribution is -2.33. The van der Waals surface area contributed by atoms with E-state index in [0.29, 0.717) is 5.56 Å². The molecule has 0 spiro atoms. The molecule has 6 nitrogen and oxygen atoms in total. The van der Waals surface area contributed by atoms with Crippen molar-refractivity contribution in [3.63, 3.8) is 0 Å². The molecule has 0 saturated carbocycles. The Balaban J connectivity index is 2.01. The van der Waals surface area contributed by atoms with Crippen molar-refractivity contribution < 1.29 is 26.4 Å². The molecule has 0 aliphatic heterocycles. The third-order valence-corrected chi connectivity index (χ3v) is 4.48. The summed E-state index contributed by atoms with van der Waals surface area (Å²) in [4.78, 5) is 15.3. The maximum atomic E-state index is 12.2. The molecule has 0 aliphatic carbocycles. The molecule has 1 heterocycles. The molecule has 1 amide bonds. The fraction of sp³-hybridized carbons (Fsp3) is 0.200. The van der Waals surface area contributed by atoms with Crippen LogP contribution in [0.25, 0.3) is 0 Å². The highest BCUT2D eigenvalue weighted by Gasteiger charge is 2.28. The maximum absolute atomic E-state index is 12.2. The number of nitrogens with one attached hydrogen (secondary N) is 2. The van der Waals surface area contributed by atoms with Gasteiger partial charge in [-0.15, -0.1) is 0 Å². The SMILES string of the molecule is O=C(NCC(F)(F)F)c1ccc(S(=O)(=O)NCc2cccnc2)cc1. The summed E-state index contributed by atoms with van der Waals surface area (Å²) >= 11 is 0. The van der Waals surface area contributed by atoms with Crippen molar-refractivity contribution in [1.82, 2.24) is 15.0 Å². The number of amides is 1. The van der Waals surface area contributed by atoms with Gasteiger partial charge in [0.2, 0.25) is 10.0 Å². The predicted molar refractivity (Wildman–Crippen MR) is 83.1 cm³/mol. The van der Waals surface area contributed by atoms with Crippen LogP contribution in [0.1, 0.15) is 15.9 Å². The topological polar surface area (TPSA) is 88.2 Å². The summed E-state index contributed by atoms with van der Waals surface area (Å²) in [7, 11) is -3.83. The first kappa shape index (κ1) is 18.9. The van der Waals surface area contributed by atoms with Crippen molar-refractivity contribution >= 4 is 15.9 Å². The van der Waals surface area contributed by atoms with E-state index in [9.17, 15) is 26.4 Å². The van der Waals surface area contributed by atoms with Crippen molar-refractivity contribution in [2.75, 3.05) is 6.54 Å². The van der Waals surface area contributed by atoms with Crippen LogP contribution in [0.5, 0.6) is 0 Å². The molecule has 0 fully saturated rings. The van der Waals surface area contributed by atoms with E-state index in [0.717, 1.165) is 24.3 Å². The Bertz CT molecular complexity index is 823. The second kappa shape index (κ2) is 7.62. The molecule has 1 aromatic carbocycles. The molecule has 2 aromatic rings. The van der Waals surface area contributed by atoms with E-state index >= 15 is 0 Å². The van der Waals surface area contributed by atoms with E-state index < -0.39 is 28.7 Å². The molecule has 134 valence electrons. The van der Waals surface area contributed by atoms with Crippen molar-refractivity contribution in [2.45, 2.75) is 17.6 Å². The zero-order valence-corrected chi connectivity index (χ0v) is 13.6. The molecule has 2 N–H and O–H groups in total. The zero-order valence-electron chi connectivity index (χ0n) is 12.7. The molecule has 0 radical (unpaired) electrons. The number of rotatable bonds is 6. The van der Waals surface area contributed by atoms with Crippen LogP contribution in [-0.4, -0.2) is 32.0 Å². The summed E-state index contributed by atoms with van der Waals surface area (Å²) in [6.45, 7) is -1.43. The van der Waals surface area contributed by atoms with Crippen LogP contribution in [0.4, 0.5) is 13.2 Å². The van der Waals surface area contributed by atoms with Gasteiger partial charge in [0.25, 0.3) is 5.91 Å². The molecule has 0 atom stereocenters. The number of nitrogens with zero attached hydrogens (tertiary/aromatic N) is 1. The summed E-state index contributed by atoms with van der Waals surface area (Å²) in [6, 6.07) is 7.94. The summed E-state index contributed by atoms with van der Waals surface area (Å²) < 4.78 is 62.9. The largest absolute Gasteiger partial charge is 0.405 e. The van der Waals surface area contributed by atoms with E-state index in [1.807, 2.05) is 0 Å². The quantitative estimate of drug-likeness (QED) is 0.809. The zero-order chi connectivity index (χ0) is 18.5. The van der Waals surface area contributed by atoms with Crippen LogP contribution >= 0.6 is 0 Å². The number of aromatic nitrogens is 1. The third-order valence-electron chi connectivity index (χ3n) is 3.07. The molecule has 25 heavy (non-hydrogen) atoms. The number of hydrogen-bond acceptors (Lipinski definition) is 4. The summed E-state index contributed by atoms with van der Waals surface area (Å²) in [5.74, 6) is -0.940. The van der Waals surface area contributed by atoms with Gasteiger partial charge in [-0.3, -0.25) is 9.78 Å². The van der Waals surface area contributed by atoms with Gasteiger partial charge in [-0.2, -0.15) is 13.2 Å². The summed E-state index contributed by atoms with van der Waals surface area (Å²) in [5.41, 5.74) is 0.588. The van der Waals surface area contributed by atoms with Crippen LogP contribution in [0, 0.1) is 0 Å². The van der Waals surface area contributed by atoms with E-state index in [-0.39, 0.29) is 17.0 Å². The molecule has 0 bridgehead atoms. The number of benzene rings is 1. The Hall–Kier alpha value is -2.46. The molecule has 2 rings (SSSR count). The highest BCUT2D eigenvalue weighted by atomic mass is 32.2. The normalized spacial score (nSPS) is 12.0. The number of carbonyl (C=O) groups excluding carboxylic acids is 1. The van der Waals surface area contributed by atoms with Crippen molar-refractivity contribution in [3.8, 4) is 0 Å². The van der Waals surface area contributed by atoms with Crippen LogP contribution in [-0.2, 0) is 16.6 Å². The summed E-state index contributed by atoms with van der Waals surface area (Å²) in [6.07, 6.45) is -1.45. The monoisotopic (exact) mass is 373 g/mol. The second-order valence-electron chi connectivity index (χ2n) is 5.01. The first-order chi connectivity index (χ1) is 11.7. The smallest absolute Gasteiger partial charge is 0.343 e. The van der Waals surface area contributed by atoms with Gasteiger partial charge in [-0.25, -0.2) is 13.1 Å². The highest BCUT2D eigenvalue weighted by Crippen LogP contribution is 2.14. The van der Waals surface area contributed by atoms with Gasteiger partial charge in [0.1, 0.15) is 6.54 Å². The fourth-order valence-corrected chi connectivity index (χ4v) is 2.85. The van der Waals surface area contributed by atoms with Crippen molar-refractivity contribution in [1.29, 1.82) is 0 Å². The van der Waals surface area contributed by atoms with E-state index in [2.05, 4.69) is 9.71 Å². The molecule has 0 unspecified atom stereocenters. The first-order valence-electron chi connectivity index (χ1n) is 7.01.